The second-order valence-corrected chi connectivity index (χ2v) is 5.52. The minimum atomic E-state index is 0.341. The Hall–Kier alpha value is -3.23. The predicted octanol–water partition coefficient (Wildman–Crippen LogP) is 3.80. The Morgan fingerprint density at radius 2 is 2.08 bits per heavy atom. The Morgan fingerprint density at radius 3 is 2.83 bits per heavy atom. The van der Waals surface area contributed by atoms with Gasteiger partial charge in [-0.3, -0.25) is 4.98 Å². The van der Waals surface area contributed by atoms with Gasteiger partial charge in [0.2, 0.25) is 0 Å². The van der Waals surface area contributed by atoms with Crippen LogP contribution >= 0.6 is 0 Å². The van der Waals surface area contributed by atoms with E-state index in [0.717, 1.165) is 38.6 Å². The fraction of sp³-hybridized carbons (Fsp3) is 0.105. The van der Waals surface area contributed by atoms with Crippen LogP contribution in [-0.4, -0.2) is 22.1 Å². The molecule has 24 heavy (non-hydrogen) atoms. The number of aromatic amines is 1. The van der Waals surface area contributed by atoms with E-state index < -0.39 is 0 Å². The van der Waals surface area contributed by atoms with Crippen LogP contribution in [0.2, 0.25) is 0 Å². The molecule has 0 spiro atoms. The number of pyridine rings is 2. The van der Waals surface area contributed by atoms with E-state index in [1.165, 1.54) is 0 Å². The molecule has 116 valence electrons. The lowest BCUT2D eigenvalue weighted by Crippen LogP contribution is -1.96. The number of nitrogens with one attached hydrogen (secondary N) is 1. The molecule has 0 fully saturated rings. The topological polar surface area (TPSA) is 74.6 Å². The average molecular weight is 314 g/mol. The molecule has 0 saturated carbocycles. The van der Waals surface area contributed by atoms with Gasteiger partial charge in [-0.2, -0.15) is 5.26 Å². The van der Waals surface area contributed by atoms with Crippen molar-refractivity contribution in [1.29, 1.82) is 5.26 Å². The largest absolute Gasteiger partial charge is 0.380 e. The van der Waals surface area contributed by atoms with Crippen LogP contribution in [0.4, 0.5) is 0 Å². The van der Waals surface area contributed by atoms with Gasteiger partial charge in [0.15, 0.2) is 0 Å². The van der Waals surface area contributed by atoms with E-state index in [1.54, 1.807) is 19.5 Å². The third kappa shape index (κ3) is 2.21. The van der Waals surface area contributed by atoms with E-state index >= 15 is 0 Å². The number of aromatic nitrogens is 3. The lowest BCUT2D eigenvalue weighted by Gasteiger charge is -2.05. The number of benzene rings is 1. The summed E-state index contributed by atoms with van der Waals surface area (Å²) in [6, 6.07) is 14.2. The quantitative estimate of drug-likeness (QED) is 0.624. The molecule has 0 amide bonds. The molecule has 0 unspecified atom stereocenters. The average Bonchev–Trinajstić information content (AvgIpc) is 3.01. The normalized spacial score (nSPS) is 11.0. The van der Waals surface area contributed by atoms with Gasteiger partial charge in [-0.25, -0.2) is 4.98 Å². The molecule has 0 aliphatic rings. The molecule has 1 N–H and O–H groups in total. The zero-order valence-corrected chi connectivity index (χ0v) is 13.1. The number of ether oxygens (including phenoxy) is 1. The van der Waals surface area contributed by atoms with Gasteiger partial charge in [-0.15, -0.1) is 0 Å². The van der Waals surface area contributed by atoms with E-state index in [2.05, 4.69) is 27.1 Å². The first-order chi connectivity index (χ1) is 11.8. The highest BCUT2D eigenvalue weighted by Gasteiger charge is 2.15. The lowest BCUT2D eigenvalue weighted by atomic mass is 10.0. The minimum Gasteiger partial charge on any atom is -0.380 e. The number of hydrogen-bond donors (Lipinski definition) is 1. The van der Waals surface area contributed by atoms with Gasteiger partial charge >= 0.3 is 0 Å². The standard InChI is InChI=1S/C19H14N4O/c1-24-11-14-17(9-20)22-10-18-19(14)13-8-12(5-6-16(13)23-18)15-4-2-3-7-21-15/h2-8,10,23H,11H2,1H3. The van der Waals surface area contributed by atoms with Gasteiger partial charge in [-0.1, -0.05) is 12.1 Å². The third-order valence-electron chi connectivity index (χ3n) is 4.09. The Bertz CT molecular complexity index is 1080. The van der Waals surface area contributed by atoms with Crippen LogP contribution in [0.15, 0.2) is 48.8 Å². The Kier molecular flexibility index (Phi) is 3.45. The molecule has 0 bridgehead atoms. The second kappa shape index (κ2) is 5.76. The number of methoxy groups -OCH3 is 1. The van der Waals surface area contributed by atoms with Gasteiger partial charge < -0.3 is 9.72 Å². The number of hydrogen-bond acceptors (Lipinski definition) is 4. The molecule has 3 heterocycles. The SMILES string of the molecule is COCc1c(C#N)ncc2[nH]c3ccc(-c4ccccn4)cc3c12. The smallest absolute Gasteiger partial charge is 0.146 e. The maximum Gasteiger partial charge on any atom is 0.146 e. The van der Waals surface area contributed by atoms with Crippen molar-refractivity contribution in [2.75, 3.05) is 7.11 Å². The fourth-order valence-electron chi connectivity index (χ4n) is 3.03. The van der Waals surface area contributed by atoms with Crippen molar-refractivity contribution in [2.45, 2.75) is 6.61 Å². The van der Waals surface area contributed by atoms with Crippen LogP contribution in [0.25, 0.3) is 33.1 Å². The molecule has 0 aliphatic heterocycles. The van der Waals surface area contributed by atoms with E-state index in [0.29, 0.717) is 12.3 Å². The lowest BCUT2D eigenvalue weighted by molar-refractivity contribution is 0.185. The van der Waals surface area contributed by atoms with Gasteiger partial charge in [0, 0.05) is 40.7 Å². The van der Waals surface area contributed by atoms with Gasteiger partial charge in [0.1, 0.15) is 11.8 Å². The first-order valence-corrected chi connectivity index (χ1v) is 7.55. The molecule has 5 nitrogen and oxygen atoms in total. The fourth-order valence-corrected chi connectivity index (χ4v) is 3.03. The number of fused-ring (bicyclic) bond motifs is 3. The van der Waals surface area contributed by atoms with Gasteiger partial charge in [-0.05, 0) is 24.3 Å². The summed E-state index contributed by atoms with van der Waals surface area (Å²) < 4.78 is 5.29. The third-order valence-corrected chi connectivity index (χ3v) is 4.09. The van der Waals surface area contributed by atoms with Crippen LogP contribution in [0.3, 0.4) is 0 Å². The van der Waals surface area contributed by atoms with Gasteiger partial charge in [0.25, 0.3) is 0 Å². The highest BCUT2D eigenvalue weighted by Crippen LogP contribution is 2.32. The monoisotopic (exact) mass is 314 g/mol. The zero-order chi connectivity index (χ0) is 16.5. The van der Waals surface area contributed by atoms with Crippen LogP contribution in [-0.2, 0) is 11.3 Å². The Labute approximate surface area is 138 Å². The molecule has 5 heteroatoms. The summed E-state index contributed by atoms with van der Waals surface area (Å²) in [6.07, 6.45) is 3.48. The first kappa shape index (κ1) is 14.4. The Morgan fingerprint density at radius 1 is 1.17 bits per heavy atom. The molecule has 0 aliphatic carbocycles. The van der Waals surface area contributed by atoms with Crippen molar-refractivity contribution in [1.82, 2.24) is 15.0 Å². The molecule has 4 aromatic rings. The minimum absolute atomic E-state index is 0.341. The van der Waals surface area contributed by atoms with Crippen LogP contribution in [0, 0.1) is 11.3 Å². The summed E-state index contributed by atoms with van der Waals surface area (Å²) in [7, 11) is 1.62. The summed E-state index contributed by atoms with van der Waals surface area (Å²) in [5.41, 5.74) is 5.04. The molecular weight excluding hydrogens is 300 g/mol. The van der Waals surface area contributed by atoms with Crippen LogP contribution in [0.1, 0.15) is 11.3 Å². The summed E-state index contributed by atoms with van der Waals surface area (Å²) in [4.78, 5) is 12.0. The summed E-state index contributed by atoms with van der Waals surface area (Å²) in [6.45, 7) is 0.341. The van der Waals surface area contributed by atoms with Crippen LogP contribution in [0.5, 0.6) is 0 Å². The van der Waals surface area contributed by atoms with E-state index in [1.807, 2.05) is 30.3 Å². The number of nitriles is 1. The molecule has 0 saturated heterocycles. The number of nitrogens with zero attached hydrogens (tertiary/aromatic N) is 3. The number of rotatable bonds is 3. The number of H-pyrrole nitrogens is 1. The highest BCUT2D eigenvalue weighted by molar-refractivity contribution is 6.10. The van der Waals surface area contributed by atoms with Crippen molar-refractivity contribution in [2.24, 2.45) is 0 Å². The van der Waals surface area contributed by atoms with E-state index in [-0.39, 0.29) is 0 Å². The van der Waals surface area contributed by atoms with Crippen LogP contribution < -0.4 is 0 Å². The summed E-state index contributed by atoms with van der Waals surface area (Å²) in [5, 5.41) is 11.4. The second-order valence-electron chi connectivity index (χ2n) is 5.52. The van der Waals surface area contributed by atoms with E-state index in [4.69, 9.17) is 4.74 Å². The van der Waals surface area contributed by atoms with Crippen molar-refractivity contribution >= 4 is 21.8 Å². The molecule has 0 radical (unpaired) electrons. The molecule has 4 rings (SSSR count). The molecule has 3 aromatic heterocycles. The van der Waals surface area contributed by atoms with Gasteiger partial charge in [0.05, 0.1) is 24.0 Å². The maximum absolute atomic E-state index is 9.36. The maximum atomic E-state index is 9.36. The first-order valence-electron chi connectivity index (χ1n) is 7.55. The zero-order valence-electron chi connectivity index (χ0n) is 13.1. The van der Waals surface area contributed by atoms with Crippen molar-refractivity contribution in [3.05, 3.63) is 60.0 Å². The Balaban J connectivity index is 2.05. The molecular formula is C19H14N4O. The summed E-state index contributed by atoms with van der Waals surface area (Å²) in [5.74, 6) is 0. The van der Waals surface area contributed by atoms with E-state index in [9.17, 15) is 5.26 Å². The van der Waals surface area contributed by atoms with Crippen molar-refractivity contribution < 1.29 is 4.74 Å². The highest BCUT2D eigenvalue weighted by atomic mass is 16.5. The summed E-state index contributed by atoms with van der Waals surface area (Å²) >= 11 is 0. The van der Waals surface area contributed by atoms with Crippen molar-refractivity contribution in [3.63, 3.8) is 0 Å². The predicted molar refractivity (Wildman–Crippen MR) is 92.3 cm³/mol. The molecule has 0 atom stereocenters. The van der Waals surface area contributed by atoms with Crippen molar-refractivity contribution in [3.8, 4) is 17.3 Å². The molecule has 1 aromatic carbocycles.